The summed E-state index contributed by atoms with van der Waals surface area (Å²) in [6.45, 7) is 1.57. The van der Waals surface area contributed by atoms with Gasteiger partial charge >= 0.3 is 0 Å². The molecule has 5 nitrogen and oxygen atoms in total. The first-order valence-corrected chi connectivity index (χ1v) is 6.68. The Kier molecular flexibility index (Phi) is 5.10. The van der Waals surface area contributed by atoms with E-state index in [9.17, 15) is 4.79 Å². The van der Waals surface area contributed by atoms with Crippen LogP contribution in [-0.4, -0.2) is 38.9 Å². The number of nitrogens with zero attached hydrogens (tertiary/aromatic N) is 2. The van der Waals surface area contributed by atoms with Crippen molar-refractivity contribution in [1.29, 1.82) is 5.26 Å². The molecule has 1 amide bonds. The van der Waals surface area contributed by atoms with Gasteiger partial charge in [-0.05, 0) is 37.1 Å². The molecule has 0 spiro atoms. The van der Waals surface area contributed by atoms with Gasteiger partial charge in [0.05, 0.1) is 18.2 Å². The maximum absolute atomic E-state index is 12.5. The molecule has 1 saturated heterocycles. The summed E-state index contributed by atoms with van der Waals surface area (Å²) in [5.41, 5.74) is 1.34. The van der Waals surface area contributed by atoms with Crippen LogP contribution in [0.1, 0.15) is 18.4 Å². The molecular weight excluding hydrogens is 256 g/mol. The highest BCUT2D eigenvalue weighted by Gasteiger charge is 2.28. The van der Waals surface area contributed by atoms with Crippen molar-refractivity contribution in [3.63, 3.8) is 0 Å². The number of nitriles is 1. The smallest absolute Gasteiger partial charge is 0.256 e. The van der Waals surface area contributed by atoms with Crippen LogP contribution >= 0.6 is 0 Å². The number of amides is 1. The fourth-order valence-corrected chi connectivity index (χ4v) is 2.21. The Balaban J connectivity index is 2.16. The van der Waals surface area contributed by atoms with E-state index in [-0.39, 0.29) is 12.0 Å². The van der Waals surface area contributed by atoms with E-state index >= 15 is 0 Å². The maximum atomic E-state index is 12.5. The molecule has 1 aliphatic rings. The second kappa shape index (κ2) is 7.04. The number of ether oxygens (including phenoxy) is 2. The van der Waals surface area contributed by atoms with E-state index < -0.39 is 0 Å². The van der Waals surface area contributed by atoms with Gasteiger partial charge in [-0.25, -0.2) is 0 Å². The van der Waals surface area contributed by atoms with E-state index in [1.807, 2.05) is 0 Å². The van der Waals surface area contributed by atoms with Gasteiger partial charge in [-0.2, -0.15) is 5.26 Å². The lowest BCUT2D eigenvalue weighted by Gasteiger charge is -2.25. The molecule has 1 heterocycles. The summed E-state index contributed by atoms with van der Waals surface area (Å²) in [7, 11) is 1.60. The Morgan fingerprint density at radius 1 is 1.50 bits per heavy atom. The van der Waals surface area contributed by atoms with E-state index in [0.29, 0.717) is 25.3 Å². The van der Waals surface area contributed by atoms with Gasteiger partial charge < -0.3 is 14.4 Å². The Morgan fingerprint density at radius 2 is 2.25 bits per heavy atom. The van der Waals surface area contributed by atoms with Crippen LogP contribution in [0.4, 0.5) is 5.69 Å². The maximum Gasteiger partial charge on any atom is 0.256 e. The first-order chi connectivity index (χ1) is 9.76. The summed E-state index contributed by atoms with van der Waals surface area (Å²) in [4.78, 5) is 14.2. The molecule has 1 aliphatic heterocycles. The van der Waals surface area contributed by atoms with Gasteiger partial charge in [-0.15, -0.1) is 0 Å². The highest BCUT2D eigenvalue weighted by atomic mass is 16.5. The molecule has 20 heavy (non-hydrogen) atoms. The monoisotopic (exact) mass is 274 g/mol. The number of rotatable bonds is 5. The fraction of sp³-hybridized carbons (Fsp3) is 0.467. The van der Waals surface area contributed by atoms with Crippen molar-refractivity contribution >= 4 is 11.6 Å². The third kappa shape index (κ3) is 3.35. The molecule has 1 fully saturated rings. The SMILES string of the molecule is COCCN(C(=O)C1CCCO1)c1ccc(C#N)cc1. The number of carbonyl (C=O) groups excluding carboxylic acids is 1. The number of benzene rings is 1. The Labute approximate surface area is 118 Å². The molecule has 0 bridgehead atoms. The molecular formula is C15H18N2O3. The van der Waals surface area contributed by atoms with Crippen molar-refractivity contribution < 1.29 is 14.3 Å². The summed E-state index contributed by atoms with van der Waals surface area (Å²) in [6.07, 6.45) is 1.32. The molecule has 1 aromatic rings. The summed E-state index contributed by atoms with van der Waals surface area (Å²) < 4.78 is 10.5. The summed E-state index contributed by atoms with van der Waals surface area (Å²) in [5, 5.41) is 8.82. The first kappa shape index (κ1) is 14.5. The van der Waals surface area contributed by atoms with Crippen LogP contribution < -0.4 is 4.90 Å². The number of carbonyl (C=O) groups is 1. The third-order valence-corrected chi connectivity index (χ3v) is 3.30. The second-order valence-corrected chi connectivity index (χ2v) is 4.64. The van der Waals surface area contributed by atoms with Crippen LogP contribution in [0, 0.1) is 11.3 Å². The molecule has 0 radical (unpaired) electrons. The number of hydrogen-bond donors (Lipinski definition) is 0. The Morgan fingerprint density at radius 3 is 2.80 bits per heavy atom. The highest BCUT2D eigenvalue weighted by molar-refractivity contribution is 5.96. The molecule has 0 saturated carbocycles. The van der Waals surface area contributed by atoms with E-state index in [1.165, 1.54) is 0 Å². The van der Waals surface area contributed by atoms with Crippen LogP contribution in [-0.2, 0) is 14.3 Å². The topological polar surface area (TPSA) is 62.6 Å². The van der Waals surface area contributed by atoms with Crippen LogP contribution in [0.3, 0.4) is 0 Å². The fourth-order valence-electron chi connectivity index (χ4n) is 2.21. The molecule has 5 heteroatoms. The van der Waals surface area contributed by atoms with Gasteiger partial charge in [0.1, 0.15) is 6.10 Å². The minimum atomic E-state index is -0.359. The molecule has 0 aliphatic carbocycles. The lowest BCUT2D eigenvalue weighted by Crippen LogP contribution is -2.41. The molecule has 1 aromatic carbocycles. The quantitative estimate of drug-likeness (QED) is 0.820. The summed E-state index contributed by atoms with van der Waals surface area (Å²) in [5.74, 6) is -0.0377. The van der Waals surface area contributed by atoms with E-state index in [2.05, 4.69) is 6.07 Å². The molecule has 1 atom stereocenters. The Bertz CT molecular complexity index is 487. The zero-order valence-electron chi connectivity index (χ0n) is 11.5. The highest BCUT2D eigenvalue weighted by Crippen LogP contribution is 2.21. The average molecular weight is 274 g/mol. The van der Waals surface area contributed by atoms with Crippen LogP contribution in [0.15, 0.2) is 24.3 Å². The predicted molar refractivity (Wildman–Crippen MR) is 74.4 cm³/mol. The minimum absolute atomic E-state index is 0.0377. The van der Waals surface area contributed by atoms with E-state index in [4.69, 9.17) is 14.7 Å². The van der Waals surface area contributed by atoms with E-state index in [1.54, 1.807) is 36.3 Å². The molecule has 0 aromatic heterocycles. The zero-order chi connectivity index (χ0) is 14.4. The number of anilines is 1. The lowest BCUT2D eigenvalue weighted by atomic mass is 10.1. The van der Waals surface area contributed by atoms with Crippen LogP contribution in [0.5, 0.6) is 0 Å². The molecule has 1 unspecified atom stereocenters. The molecule has 106 valence electrons. The summed E-state index contributed by atoms with van der Waals surface area (Å²) in [6, 6.07) is 9.04. The van der Waals surface area contributed by atoms with Crippen molar-refractivity contribution in [3.8, 4) is 6.07 Å². The largest absolute Gasteiger partial charge is 0.383 e. The van der Waals surface area contributed by atoms with Crippen LogP contribution in [0.2, 0.25) is 0 Å². The van der Waals surface area contributed by atoms with Crippen molar-refractivity contribution in [2.75, 3.05) is 31.8 Å². The first-order valence-electron chi connectivity index (χ1n) is 6.68. The van der Waals surface area contributed by atoms with Crippen LogP contribution in [0.25, 0.3) is 0 Å². The van der Waals surface area contributed by atoms with Gasteiger partial charge in [0.15, 0.2) is 0 Å². The minimum Gasteiger partial charge on any atom is -0.383 e. The van der Waals surface area contributed by atoms with Gasteiger partial charge in [-0.1, -0.05) is 0 Å². The Hall–Kier alpha value is -1.90. The normalized spacial score (nSPS) is 17.7. The van der Waals surface area contributed by atoms with Gasteiger partial charge in [0.2, 0.25) is 0 Å². The average Bonchev–Trinajstić information content (AvgIpc) is 3.02. The van der Waals surface area contributed by atoms with Gasteiger partial charge in [0.25, 0.3) is 5.91 Å². The predicted octanol–water partition coefficient (Wildman–Crippen LogP) is 1.72. The van der Waals surface area contributed by atoms with Crippen molar-refractivity contribution in [3.05, 3.63) is 29.8 Å². The van der Waals surface area contributed by atoms with Gasteiger partial charge in [0, 0.05) is 25.9 Å². The van der Waals surface area contributed by atoms with E-state index in [0.717, 1.165) is 18.5 Å². The number of methoxy groups -OCH3 is 1. The molecule has 2 rings (SSSR count). The van der Waals surface area contributed by atoms with Crippen molar-refractivity contribution in [1.82, 2.24) is 0 Å². The molecule has 0 N–H and O–H groups in total. The number of hydrogen-bond acceptors (Lipinski definition) is 4. The zero-order valence-corrected chi connectivity index (χ0v) is 11.5. The second-order valence-electron chi connectivity index (χ2n) is 4.64. The standard InChI is InChI=1S/C15H18N2O3/c1-19-10-8-17(15(18)14-3-2-9-20-14)13-6-4-12(11-16)5-7-13/h4-7,14H,2-3,8-10H2,1H3. The van der Waals surface area contributed by atoms with Crippen molar-refractivity contribution in [2.45, 2.75) is 18.9 Å². The van der Waals surface area contributed by atoms with Crippen molar-refractivity contribution in [2.24, 2.45) is 0 Å². The van der Waals surface area contributed by atoms with Gasteiger partial charge in [-0.3, -0.25) is 4.79 Å². The lowest BCUT2D eigenvalue weighted by molar-refractivity contribution is -0.127. The summed E-state index contributed by atoms with van der Waals surface area (Å²) >= 11 is 0. The third-order valence-electron chi connectivity index (χ3n) is 3.30.